The van der Waals surface area contributed by atoms with Crippen molar-refractivity contribution in [2.75, 3.05) is 18.1 Å². The normalized spacial score (nSPS) is 26.6. The zero-order valence-corrected chi connectivity index (χ0v) is 8.68. The molecule has 3 unspecified atom stereocenters. The van der Waals surface area contributed by atoms with Gasteiger partial charge in [0.15, 0.2) is 0 Å². The van der Waals surface area contributed by atoms with E-state index in [1.54, 1.807) is 6.92 Å². The zero-order chi connectivity index (χ0) is 9.68. The fourth-order valence-electron chi connectivity index (χ4n) is 1.37. The molecule has 0 aromatic carbocycles. The second-order valence-electron chi connectivity index (χ2n) is 3.44. The van der Waals surface area contributed by atoms with Gasteiger partial charge in [-0.05, 0) is 19.8 Å². The van der Waals surface area contributed by atoms with Crippen molar-refractivity contribution in [1.29, 1.82) is 5.26 Å². The number of hydrogen-bond donors (Lipinski definition) is 0. The molecular weight excluding hydrogens is 186 g/mol. The molecule has 0 spiro atoms. The molecule has 1 rings (SSSR count). The zero-order valence-electron chi connectivity index (χ0n) is 7.86. The summed E-state index contributed by atoms with van der Waals surface area (Å²) in [5.41, 5.74) is 0. The molecule has 1 saturated heterocycles. The molecule has 0 aliphatic carbocycles. The highest BCUT2D eigenvalue weighted by atomic mass is 32.2. The van der Waals surface area contributed by atoms with Crippen molar-refractivity contribution in [3.05, 3.63) is 0 Å². The SMILES string of the molecule is CC(C#N)CS(=O)CC1CCCO1. The Bertz CT molecular complexity index is 218. The monoisotopic (exact) mass is 201 g/mol. The van der Waals surface area contributed by atoms with Crippen LogP contribution in [0.2, 0.25) is 0 Å². The highest BCUT2D eigenvalue weighted by Crippen LogP contribution is 2.13. The molecule has 3 atom stereocenters. The van der Waals surface area contributed by atoms with Gasteiger partial charge < -0.3 is 4.74 Å². The minimum Gasteiger partial charge on any atom is -0.377 e. The minimum atomic E-state index is -0.887. The Kier molecular flexibility index (Phi) is 4.40. The van der Waals surface area contributed by atoms with Crippen molar-refractivity contribution in [2.45, 2.75) is 25.9 Å². The number of nitriles is 1. The fraction of sp³-hybridized carbons (Fsp3) is 0.889. The standard InChI is InChI=1S/C9H15NO2S/c1-8(5-10)6-13(11)7-9-3-2-4-12-9/h8-9H,2-4,6-7H2,1H3. The number of ether oxygens (including phenoxy) is 1. The van der Waals surface area contributed by atoms with Gasteiger partial charge in [-0.2, -0.15) is 5.26 Å². The second kappa shape index (κ2) is 5.36. The molecule has 0 bridgehead atoms. The van der Waals surface area contributed by atoms with Crippen LogP contribution in [0, 0.1) is 17.2 Å². The highest BCUT2D eigenvalue weighted by molar-refractivity contribution is 7.85. The first-order chi connectivity index (χ1) is 6.22. The molecule has 0 aromatic heterocycles. The Morgan fingerprint density at radius 3 is 3.08 bits per heavy atom. The van der Waals surface area contributed by atoms with Gasteiger partial charge in [0, 0.05) is 28.9 Å². The molecule has 4 heteroatoms. The van der Waals surface area contributed by atoms with Gasteiger partial charge in [-0.25, -0.2) is 0 Å². The first kappa shape index (κ1) is 10.7. The third-order valence-corrected chi connectivity index (χ3v) is 3.67. The maximum absolute atomic E-state index is 11.4. The predicted octanol–water partition coefficient (Wildman–Crippen LogP) is 1.07. The van der Waals surface area contributed by atoms with E-state index in [1.807, 2.05) is 0 Å². The molecule has 1 fully saturated rings. The lowest BCUT2D eigenvalue weighted by Crippen LogP contribution is -2.19. The van der Waals surface area contributed by atoms with Crippen LogP contribution >= 0.6 is 0 Å². The van der Waals surface area contributed by atoms with E-state index >= 15 is 0 Å². The van der Waals surface area contributed by atoms with Crippen LogP contribution in [0.15, 0.2) is 0 Å². The van der Waals surface area contributed by atoms with Crippen LogP contribution in [-0.2, 0) is 15.5 Å². The molecule has 74 valence electrons. The van der Waals surface area contributed by atoms with E-state index in [-0.39, 0.29) is 12.0 Å². The van der Waals surface area contributed by atoms with E-state index in [1.165, 1.54) is 0 Å². The summed E-state index contributed by atoms with van der Waals surface area (Å²) in [6, 6.07) is 2.09. The summed E-state index contributed by atoms with van der Waals surface area (Å²) >= 11 is 0. The molecule has 0 radical (unpaired) electrons. The third kappa shape index (κ3) is 3.88. The maximum atomic E-state index is 11.4. The van der Waals surface area contributed by atoms with Gasteiger partial charge >= 0.3 is 0 Å². The van der Waals surface area contributed by atoms with Crippen LogP contribution in [0.5, 0.6) is 0 Å². The van der Waals surface area contributed by atoms with Crippen LogP contribution in [0.3, 0.4) is 0 Å². The largest absolute Gasteiger partial charge is 0.377 e. The van der Waals surface area contributed by atoms with Gasteiger partial charge in [-0.1, -0.05) is 0 Å². The molecule has 13 heavy (non-hydrogen) atoms. The lowest BCUT2D eigenvalue weighted by molar-refractivity contribution is 0.128. The summed E-state index contributed by atoms with van der Waals surface area (Å²) in [5, 5.41) is 8.53. The smallest absolute Gasteiger partial charge is 0.0691 e. The van der Waals surface area contributed by atoms with Crippen LogP contribution in [0.1, 0.15) is 19.8 Å². The average Bonchev–Trinajstić information content (AvgIpc) is 2.56. The molecule has 1 aliphatic heterocycles. The topological polar surface area (TPSA) is 50.1 Å². The first-order valence-electron chi connectivity index (χ1n) is 4.58. The van der Waals surface area contributed by atoms with Crippen LogP contribution < -0.4 is 0 Å². The molecule has 0 saturated carbocycles. The Labute approximate surface area is 81.5 Å². The fourth-order valence-corrected chi connectivity index (χ4v) is 2.81. The van der Waals surface area contributed by atoms with Crippen molar-refractivity contribution in [1.82, 2.24) is 0 Å². The summed E-state index contributed by atoms with van der Waals surface area (Å²) in [4.78, 5) is 0. The van der Waals surface area contributed by atoms with E-state index in [9.17, 15) is 4.21 Å². The van der Waals surface area contributed by atoms with Crippen molar-refractivity contribution in [3.63, 3.8) is 0 Å². The third-order valence-electron chi connectivity index (χ3n) is 2.05. The van der Waals surface area contributed by atoms with E-state index in [4.69, 9.17) is 10.00 Å². The molecule has 1 aliphatic rings. The van der Waals surface area contributed by atoms with Crippen molar-refractivity contribution < 1.29 is 8.95 Å². The lowest BCUT2D eigenvalue weighted by Gasteiger charge is -2.09. The minimum absolute atomic E-state index is 0.109. The van der Waals surface area contributed by atoms with Crippen LogP contribution in [-0.4, -0.2) is 28.4 Å². The van der Waals surface area contributed by atoms with E-state index in [0.29, 0.717) is 11.5 Å². The Morgan fingerprint density at radius 2 is 2.54 bits per heavy atom. The molecule has 3 nitrogen and oxygen atoms in total. The molecule has 1 heterocycles. The summed E-state index contributed by atoms with van der Waals surface area (Å²) in [5.74, 6) is 0.977. The van der Waals surface area contributed by atoms with E-state index in [0.717, 1.165) is 19.4 Å². The Hall–Kier alpha value is -0.400. The Balaban J connectivity index is 2.21. The van der Waals surface area contributed by atoms with Gasteiger partial charge in [-0.3, -0.25) is 4.21 Å². The summed E-state index contributed by atoms with van der Waals surface area (Å²) in [6.07, 6.45) is 2.27. The molecule has 0 amide bonds. The van der Waals surface area contributed by atoms with Crippen molar-refractivity contribution >= 4 is 10.8 Å². The maximum Gasteiger partial charge on any atom is 0.0691 e. The van der Waals surface area contributed by atoms with Crippen LogP contribution in [0.25, 0.3) is 0 Å². The number of nitrogens with zero attached hydrogens (tertiary/aromatic N) is 1. The summed E-state index contributed by atoms with van der Waals surface area (Å²) in [6.45, 7) is 2.60. The van der Waals surface area contributed by atoms with Crippen molar-refractivity contribution in [2.24, 2.45) is 5.92 Å². The summed E-state index contributed by atoms with van der Waals surface area (Å²) < 4.78 is 16.8. The predicted molar refractivity (Wildman–Crippen MR) is 51.6 cm³/mol. The number of hydrogen-bond acceptors (Lipinski definition) is 3. The van der Waals surface area contributed by atoms with Crippen molar-refractivity contribution in [3.8, 4) is 6.07 Å². The first-order valence-corrected chi connectivity index (χ1v) is 6.07. The number of rotatable bonds is 4. The average molecular weight is 201 g/mol. The quantitative estimate of drug-likeness (QED) is 0.683. The van der Waals surface area contributed by atoms with Gasteiger partial charge in [0.2, 0.25) is 0 Å². The van der Waals surface area contributed by atoms with E-state index in [2.05, 4.69) is 6.07 Å². The van der Waals surface area contributed by atoms with Gasteiger partial charge in [0.1, 0.15) is 0 Å². The van der Waals surface area contributed by atoms with Gasteiger partial charge in [0.25, 0.3) is 0 Å². The van der Waals surface area contributed by atoms with E-state index < -0.39 is 10.8 Å². The Morgan fingerprint density at radius 1 is 1.77 bits per heavy atom. The highest BCUT2D eigenvalue weighted by Gasteiger charge is 2.19. The molecular formula is C9H15NO2S. The van der Waals surface area contributed by atoms with Gasteiger partial charge in [0.05, 0.1) is 18.1 Å². The molecule has 0 aromatic rings. The lowest BCUT2D eigenvalue weighted by atomic mass is 10.3. The van der Waals surface area contributed by atoms with Crippen LogP contribution in [0.4, 0.5) is 0 Å². The molecule has 0 N–H and O–H groups in total. The summed E-state index contributed by atoms with van der Waals surface area (Å²) in [7, 11) is -0.887. The second-order valence-corrected chi connectivity index (χ2v) is 4.98. The van der Waals surface area contributed by atoms with Gasteiger partial charge in [-0.15, -0.1) is 0 Å².